The number of aromatic nitrogens is 2. The SMILES string of the molecule is Cc1cc(C)n(CCCC(=O)N2CCNC(=O)[C@@H]2Cc2cccc(-c3cccc(F)c3)c2)n1. The summed E-state index contributed by atoms with van der Waals surface area (Å²) < 4.78 is 15.6. The molecule has 1 aromatic heterocycles. The van der Waals surface area contributed by atoms with E-state index < -0.39 is 6.04 Å². The second-order valence-electron chi connectivity index (χ2n) is 8.56. The van der Waals surface area contributed by atoms with E-state index in [1.54, 1.807) is 11.0 Å². The molecule has 4 rings (SSSR count). The van der Waals surface area contributed by atoms with Gasteiger partial charge in [0.1, 0.15) is 11.9 Å². The third-order valence-electron chi connectivity index (χ3n) is 6.03. The van der Waals surface area contributed by atoms with Gasteiger partial charge in [0.25, 0.3) is 0 Å². The number of hydrogen-bond acceptors (Lipinski definition) is 3. The highest BCUT2D eigenvalue weighted by molar-refractivity contribution is 5.89. The maximum Gasteiger partial charge on any atom is 0.243 e. The van der Waals surface area contributed by atoms with E-state index in [2.05, 4.69) is 10.4 Å². The molecule has 1 aliphatic rings. The molecule has 0 aliphatic carbocycles. The molecule has 1 atom stereocenters. The Balaban J connectivity index is 1.44. The first-order valence-electron chi connectivity index (χ1n) is 11.3. The maximum atomic E-state index is 13.6. The van der Waals surface area contributed by atoms with Crippen molar-refractivity contribution in [1.82, 2.24) is 20.0 Å². The van der Waals surface area contributed by atoms with E-state index in [-0.39, 0.29) is 17.6 Å². The molecule has 0 spiro atoms. The molecule has 1 N–H and O–H groups in total. The summed E-state index contributed by atoms with van der Waals surface area (Å²) in [6, 6.07) is 15.6. The highest BCUT2D eigenvalue weighted by Crippen LogP contribution is 2.23. The van der Waals surface area contributed by atoms with Crippen molar-refractivity contribution in [1.29, 1.82) is 0 Å². The van der Waals surface area contributed by atoms with E-state index >= 15 is 0 Å². The topological polar surface area (TPSA) is 67.2 Å². The highest BCUT2D eigenvalue weighted by atomic mass is 19.1. The van der Waals surface area contributed by atoms with E-state index in [1.807, 2.05) is 54.9 Å². The van der Waals surface area contributed by atoms with Crippen LogP contribution in [0.25, 0.3) is 11.1 Å². The Morgan fingerprint density at radius 2 is 1.88 bits per heavy atom. The molecule has 0 bridgehead atoms. The Labute approximate surface area is 193 Å². The molecule has 2 aromatic carbocycles. The number of carbonyl (C=O) groups excluding carboxylic acids is 2. The van der Waals surface area contributed by atoms with E-state index in [1.165, 1.54) is 12.1 Å². The zero-order chi connectivity index (χ0) is 23.4. The van der Waals surface area contributed by atoms with Crippen molar-refractivity contribution in [3.8, 4) is 11.1 Å². The molecule has 0 unspecified atom stereocenters. The van der Waals surface area contributed by atoms with Gasteiger partial charge in [-0.25, -0.2) is 4.39 Å². The van der Waals surface area contributed by atoms with Gasteiger partial charge in [0.05, 0.1) is 5.69 Å². The smallest absolute Gasteiger partial charge is 0.243 e. The average Bonchev–Trinajstić information content (AvgIpc) is 3.12. The van der Waals surface area contributed by atoms with Gasteiger partial charge in [-0.2, -0.15) is 5.10 Å². The first-order valence-corrected chi connectivity index (χ1v) is 11.3. The van der Waals surface area contributed by atoms with Crippen LogP contribution in [0.4, 0.5) is 4.39 Å². The zero-order valence-corrected chi connectivity index (χ0v) is 19.1. The van der Waals surface area contributed by atoms with Gasteiger partial charge >= 0.3 is 0 Å². The fourth-order valence-electron chi connectivity index (χ4n) is 4.41. The summed E-state index contributed by atoms with van der Waals surface area (Å²) in [5.41, 5.74) is 4.63. The summed E-state index contributed by atoms with van der Waals surface area (Å²) >= 11 is 0. The van der Waals surface area contributed by atoms with Gasteiger partial charge in [0, 0.05) is 38.2 Å². The van der Waals surface area contributed by atoms with Crippen molar-refractivity contribution in [3.05, 3.63) is 77.4 Å². The van der Waals surface area contributed by atoms with E-state index in [0.717, 1.165) is 28.1 Å². The minimum absolute atomic E-state index is 0.0160. The number of aryl methyl sites for hydroxylation is 3. The second kappa shape index (κ2) is 9.98. The molecule has 6 nitrogen and oxygen atoms in total. The van der Waals surface area contributed by atoms with Crippen molar-refractivity contribution < 1.29 is 14.0 Å². The van der Waals surface area contributed by atoms with Gasteiger partial charge < -0.3 is 10.2 Å². The van der Waals surface area contributed by atoms with Crippen LogP contribution in [0.5, 0.6) is 0 Å². The van der Waals surface area contributed by atoms with E-state index in [9.17, 15) is 14.0 Å². The summed E-state index contributed by atoms with van der Waals surface area (Å²) in [5, 5.41) is 7.33. The first kappa shape index (κ1) is 22.7. The lowest BCUT2D eigenvalue weighted by atomic mass is 9.97. The molecule has 3 aromatic rings. The van der Waals surface area contributed by atoms with Crippen molar-refractivity contribution in [3.63, 3.8) is 0 Å². The van der Waals surface area contributed by atoms with Crippen LogP contribution in [0.1, 0.15) is 29.8 Å². The molecular formula is C26H29FN4O2. The van der Waals surface area contributed by atoms with E-state index in [0.29, 0.717) is 38.9 Å². The van der Waals surface area contributed by atoms with Crippen LogP contribution >= 0.6 is 0 Å². The van der Waals surface area contributed by atoms with Crippen molar-refractivity contribution >= 4 is 11.8 Å². The maximum absolute atomic E-state index is 13.6. The van der Waals surface area contributed by atoms with Gasteiger partial charge in [-0.1, -0.05) is 36.4 Å². The second-order valence-corrected chi connectivity index (χ2v) is 8.56. The number of carbonyl (C=O) groups is 2. The van der Waals surface area contributed by atoms with Crippen LogP contribution in [0.2, 0.25) is 0 Å². The Morgan fingerprint density at radius 1 is 1.12 bits per heavy atom. The fraction of sp³-hybridized carbons (Fsp3) is 0.346. The van der Waals surface area contributed by atoms with Crippen LogP contribution in [-0.4, -0.2) is 45.6 Å². The van der Waals surface area contributed by atoms with E-state index in [4.69, 9.17) is 0 Å². The lowest BCUT2D eigenvalue weighted by Crippen LogP contribution is -2.58. The molecular weight excluding hydrogens is 419 g/mol. The van der Waals surface area contributed by atoms with Crippen molar-refractivity contribution in [2.75, 3.05) is 13.1 Å². The zero-order valence-electron chi connectivity index (χ0n) is 19.1. The number of rotatable bonds is 7. The van der Waals surface area contributed by atoms with Gasteiger partial charge in [-0.05, 0) is 55.2 Å². The molecule has 33 heavy (non-hydrogen) atoms. The number of nitrogens with one attached hydrogen (secondary N) is 1. The number of hydrogen-bond donors (Lipinski definition) is 1. The lowest BCUT2D eigenvalue weighted by Gasteiger charge is -2.35. The third kappa shape index (κ3) is 5.48. The van der Waals surface area contributed by atoms with Crippen LogP contribution in [-0.2, 0) is 22.6 Å². The van der Waals surface area contributed by atoms with Gasteiger partial charge in [-0.15, -0.1) is 0 Å². The minimum atomic E-state index is -0.553. The van der Waals surface area contributed by atoms with Gasteiger partial charge in [-0.3, -0.25) is 14.3 Å². The fourth-order valence-corrected chi connectivity index (χ4v) is 4.41. The molecule has 1 fully saturated rings. The normalized spacial score (nSPS) is 16.0. The highest BCUT2D eigenvalue weighted by Gasteiger charge is 2.32. The first-order chi connectivity index (χ1) is 15.9. The standard InChI is InChI=1S/C26H29FN4O2/c1-18-14-19(2)31(29-18)12-5-10-25(32)30-13-11-28-26(33)24(30)16-20-6-3-7-21(15-20)22-8-4-9-23(27)17-22/h3-4,6-9,14-15,17,24H,5,10-13,16H2,1-2H3,(H,28,33)/t24-/m0/s1. The molecule has 2 amide bonds. The predicted molar refractivity (Wildman–Crippen MR) is 125 cm³/mol. The Morgan fingerprint density at radius 3 is 2.61 bits per heavy atom. The monoisotopic (exact) mass is 448 g/mol. The molecule has 1 aliphatic heterocycles. The number of benzene rings is 2. The quantitative estimate of drug-likeness (QED) is 0.600. The predicted octanol–water partition coefficient (Wildman–Crippen LogP) is 3.66. The number of nitrogens with zero attached hydrogens (tertiary/aromatic N) is 3. The van der Waals surface area contributed by atoms with Crippen LogP contribution in [0.3, 0.4) is 0 Å². The van der Waals surface area contributed by atoms with Crippen molar-refractivity contribution in [2.45, 2.75) is 45.7 Å². The summed E-state index contributed by atoms with van der Waals surface area (Å²) in [6.07, 6.45) is 1.45. The van der Waals surface area contributed by atoms with Crippen LogP contribution in [0.15, 0.2) is 54.6 Å². The minimum Gasteiger partial charge on any atom is -0.353 e. The van der Waals surface area contributed by atoms with Gasteiger partial charge in [0.2, 0.25) is 11.8 Å². The van der Waals surface area contributed by atoms with Crippen LogP contribution < -0.4 is 5.32 Å². The van der Waals surface area contributed by atoms with Crippen molar-refractivity contribution in [2.24, 2.45) is 0 Å². The molecule has 1 saturated heterocycles. The Bertz CT molecular complexity index is 1160. The molecule has 0 saturated carbocycles. The summed E-state index contributed by atoms with van der Waals surface area (Å²) in [7, 11) is 0. The number of amides is 2. The molecule has 7 heteroatoms. The third-order valence-corrected chi connectivity index (χ3v) is 6.03. The summed E-state index contributed by atoms with van der Waals surface area (Å²) in [5.74, 6) is -0.441. The molecule has 2 heterocycles. The molecule has 172 valence electrons. The number of piperazine rings is 1. The Kier molecular flexibility index (Phi) is 6.87. The van der Waals surface area contributed by atoms with Gasteiger partial charge in [0.15, 0.2) is 0 Å². The summed E-state index contributed by atoms with van der Waals surface area (Å²) in [6.45, 7) is 5.59. The average molecular weight is 449 g/mol. The summed E-state index contributed by atoms with van der Waals surface area (Å²) in [4.78, 5) is 27.4. The number of halogens is 1. The Hall–Kier alpha value is -3.48. The molecule has 0 radical (unpaired) electrons. The lowest BCUT2D eigenvalue weighted by molar-refractivity contribution is -0.143. The largest absolute Gasteiger partial charge is 0.353 e. The van der Waals surface area contributed by atoms with Crippen LogP contribution in [0, 0.1) is 19.7 Å².